The number of carbonyl (C=O) groups is 2. The van der Waals surface area contributed by atoms with E-state index in [0.717, 1.165) is 41.0 Å². The number of hydrogen-bond donors (Lipinski definition) is 0. The highest BCUT2D eigenvalue weighted by Gasteiger charge is 2.23. The number of unbranched alkanes of at least 4 members (excludes halogenated alkanes) is 1. The van der Waals surface area contributed by atoms with E-state index in [1.54, 1.807) is 57.5 Å². The van der Waals surface area contributed by atoms with Crippen molar-refractivity contribution in [3.05, 3.63) is 87.4 Å². The molecule has 0 spiro atoms. The van der Waals surface area contributed by atoms with Crippen LogP contribution in [0.15, 0.2) is 60.0 Å². The van der Waals surface area contributed by atoms with Crippen molar-refractivity contribution >= 4 is 23.2 Å². The zero-order chi connectivity index (χ0) is 25.9. The summed E-state index contributed by atoms with van der Waals surface area (Å²) in [5, 5.41) is 2.01. The van der Waals surface area contributed by atoms with E-state index in [1.807, 2.05) is 25.3 Å². The Morgan fingerprint density at radius 2 is 1.64 bits per heavy atom. The van der Waals surface area contributed by atoms with Gasteiger partial charge in [-0.1, -0.05) is 32.4 Å². The first-order valence-electron chi connectivity index (χ1n) is 12.5. The second-order valence-corrected chi connectivity index (χ2v) is 9.86. The Morgan fingerprint density at radius 1 is 0.917 bits per heavy atom. The summed E-state index contributed by atoms with van der Waals surface area (Å²) >= 11 is 1.60. The number of nitrogens with zero attached hydrogens (tertiary/aromatic N) is 2. The zero-order valence-corrected chi connectivity index (χ0v) is 22.2. The largest absolute Gasteiger partial charge is 0.494 e. The minimum absolute atomic E-state index is 0.0208. The van der Waals surface area contributed by atoms with Gasteiger partial charge in [-0.15, -0.1) is 11.3 Å². The molecule has 0 aliphatic carbocycles. The molecule has 5 nitrogen and oxygen atoms in total. The molecule has 0 bridgehead atoms. The molecule has 0 radical (unpaired) electrons. The van der Waals surface area contributed by atoms with Crippen molar-refractivity contribution in [1.82, 2.24) is 9.80 Å². The zero-order valence-electron chi connectivity index (χ0n) is 21.3. The summed E-state index contributed by atoms with van der Waals surface area (Å²) in [6.45, 7) is 8.00. The van der Waals surface area contributed by atoms with Gasteiger partial charge in [-0.2, -0.15) is 0 Å². The van der Waals surface area contributed by atoms with Crippen LogP contribution in [0.4, 0.5) is 4.39 Å². The quantitative estimate of drug-likeness (QED) is 0.248. The summed E-state index contributed by atoms with van der Waals surface area (Å²) in [4.78, 5) is 31.3. The lowest BCUT2D eigenvalue weighted by molar-refractivity contribution is -0.133. The second-order valence-electron chi connectivity index (χ2n) is 8.86. The van der Waals surface area contributed by atoms with Crippen LogP contribution in [-0.2, 0) is 17.9 Å². The summed E-state index contributed by atoms with van der Waals surface area (Å²) < 4.78 is 19.1. The van der Waals surface area contributed by atoms with Crippen molar-refractivity contribution < 1.29 is 18.7 Å². The average Bonchev–Trinajstić information content (AvgIpc) is 3.29. The third-order valence-corrected chi connectivity index (χ3v) is 6.92. The lowest BCUT2D eigenvalue weighted by Gasteiger charge is -2.28. The molecule has 36 heavy (non-hydrogen) atoms. The molecule has 3 aromatic rings. The molecule has 2 aromatic carbocycles. The van der Waals surface area contributed by atoms with Crippen LogP contribution < -0.4 is 4.74 Å². The molecule has 2 amide bonds. The van der Waals surface area contributed by atoms with E-state index in [4.69, 9.17) is 4.74 Å². The van der Waals surface area contributed by atoms with Gasteiger partial charge in [-0.3, -0.25) is 9.59 Å². The highest BCUT2D eigenvalue weighted by atomic mass is 32.1. The fourth-order valence-corrected chi connectivity index (χ4v) is 4.70. The van der Waals surface area contributed by atoms with Crippen LogP contribution in [0.5, 0.6) is 5.75 Å². The molecule has 1 aromatic heterocycles. The predicted molar refractivity (Wildman–Crippen MR) is 143 cm³/mol. The lowest BCUT2D eigenvalue weighted by atomic mass is 10.1. The van der Waals surface area contributed by atoms with Crippen molar-refractivity contribution in [2.45, 2.75) is 53.1 Å². The van der Waals surface area contributed by atoms with Gasteiger partial charge in [0.15, 0.2) is 0 Å². The Kier molecular flexibility index (Phi) is 10.5. The summed E-state index contributed by atoms with van der Waals surface area (Å²) in [5.74, 6) is 0.0925. The number of ether oxygens (including phenoxy) is 1. The number of halogens is 1. The maximum atomic E-state index is 13.5. The molecule has 0 atom stereocenters. The second kappa shape index (κ2) is 13.8. The van der Waals surface area contributed by atoms with Gasteiger partial charge in [-0.25, -0.2) is 4.39 Å². The molecule has 0 unspecified atom stereocenters. The Morgan fingerprint density at radius 3 is 2.25 bits per heavy atom. The van der Waals surface area contributed by atoms with Gasteiger partial charge in [0, 0.05) is 23.5 Å². The highest BCUT2D eigenvalue weighted by molar-refractivity contribution is 7.10. The molecule has 7 heteroatoms. The third kappa shape index (κ3) is 7.92. The Bertz CT molecular complexity index is 1110. The van der Waals surface area contributed by atoms with Gasteiger partial charge in [0.05, 0.1) is 13.2 Å². The highest BCUT2D eigenvalue weighted by Crippen LogP contribution is 2.20. The van der Waals surface area contributed by atoms with Crippen molar-refractivity contribution in [2.75, 3.05) is 19.7 Å². The average molecular weight is 511 g/mol. The smallest absolute Gasteiger partial charge is 0.254 e. The standard InChI is InChI=1S/C29H35FN2O3S/c1-4-6-17-35-26-13-9-24(10-14-26)29(34)31(16-5-2)21-28(33)32(20-27-22(3)15-18-36-27)19-23-7-11-25(30)12-8-23/h7-15,18H,4-6,16-17,19-21H2,1-3H3. The SMILES string of the molecule is CCCCOc1ccc(C(=O)N(CCC)CC(=O)N(Cc2ccc(F)cc2)Cc2sccc2C)cc1. The van der Waals surface area contributed by atoms with Crippen LogP contribution in [0, 0.1) is 12.7 Å². The van der Waals surface area contributed by atoms with Crippen molar-refractivity contribution in [2.24, 2.45) is 0 Å². The third-order valence-electron chi connectivity index (χ3n) is 5.92. The van der Waals surface area contributed by atoms with Gasteiger partial charge in [-0.05, 0) is 78.7 Å². The lowest BCUT2D eigenvalue weighted by Crippen LogP contribution is -2.42. The van der Waals surface area contributed by atoms with E-state index in [0.29, 0.717) is 31.8 Å². The van der Waals surface area contributed by atoms with E-state index < -0.39 is 0 Å². The van der Waals surface area contributed by atoms with Crippen LogP contribution in [0.25, 0.3) is 0 Å². The normalized spacial score (nSPS) is 10.8. The summed E-state index contributed by atoms with van der Waals surface area (Å²) in [6, 6.07) is 15.3. The van der Waals surface area contributed by atoms with E-state index in [1.165, 1.54) is 12.1 Å². The van der Waals surface area contributed by atoms with Gasteiger partial charge in [0.1, 0.15) is 18.1 Å². The molecule has 0 saturated heterocycles. The molecular formula is C29H35FN2O3S. The number of aryl methyl sites for hydroxylation is 1. The molecule has 0 aliphatic heterocycles. The number of carbonyl (C=O) groups excluding carboxylic acids is 2. The maximum absolute atomic E-state index is 13.5. The van der Waals surface area contributed by atoms with E-state index in [2.05, 4.69) is 6.92 Å². The first-order valence-corrected chi connectivity index (χ1v) is 13.4. The van der Waals surface area contributed by atoms with Gasteiger partial charge in [0.25, 0.3) is 5.91 Å². The fraction of sp³-hybridized carbons (Fsp3) is 0.379. The molecule has 0 aliphatic rings. The van der Waals surface area contributed by atoms with Gasteiger partial charge >= 0.3 is 0 Å². The fourth-order valence-electron chi connectivity index (χ4n) is 3.78. The van der Waals surface area contributed by atoms with E-state index in [-0.39, 0.29) is 24.2 Å². The number of benzene rings is 2. The van der Waals surface area contributed by atoms with Crippen LogP contribution in [0.1, 0.15) is 59.5 Å². The number of thiophene rings is 1. The van der Waals surface area contributed by atoms with Crippen molar-refractivity contribution in [3.63, 3.8) is 0 Å². The molecule has 1 heterocycles. The molecule has 0 saturated carbocycles. The predicted octanol–water partition coefficient (Wildman–Crippen LogP) is 6.46. The molecule has 3 rings (SSSR count). The number of rotatable bonds is 13. The number of amides is 2. The Labute approximate surface area is 217 Å². The van der Waals surface area contributed by atoms with Crippen LogP contribution in [-0.4, -0.2) is 41.3 Å². The van der Waals surface area contributed by atoms with Gasteiger partial charge < -0.3 is 14.5 Å². The molecule has 0 fully saturated rings. The molecule has 192 valence electrons. The maximum Gasteiger partial charge on any atom is 0.254 e. The van der Waals surface area contributed by atoms with Crippen molar-refractivity contribution in [3.8, 4) is 5.75 Å². The van der Waals surface area contributed by atoms with E-state index >= 15 is 0 Å². The first-order chi connectivity index (χ1) is 17.4. The molecule has 0 N–H and O–H groups in total. The Hall–Kier alpha value is -3.19. The van der Waals surface area contributed by atoms with Crippen LogP contribution >= 0.6 is 11.3 Å². The topological polar surface area (TPSA) is 49.9 Å². The number of hydrogen-bond acceptors (Lipinski definition) is 4. The first kappa shape index (κ1) is 27.4. The minimum atomic E-state index is -0.313. The molecular weight excluding hydrogens is 475 g/mol. The summed E-state index contributed by atoms with van der Waals surface area (Å²) in [7, 11) is 0. The van der Waals surface area contributed by atoms with Crippen LogP contribution in [0.2, 0.25) is 0 Å². The van der Waals surface area contributed by atoms with E-state index in [9.17, 15) is 14.0 Å². The monoisotopic (exact) mass is 510 g/mol. The minimum Gasteiger partial charge on any atom is -0.494 e. The summed E-state index contributed by atoms with van der Waals surface area (Å²) in [6.07, 6.45) is 2.77. The van der Waals surface area contributed by atoms with Crippen molar-refractivity contribution in [1.29, 1.82) is 0 Å². The van der Waals surface area contributed by atoms with Gasteiger partial charge in [0.2, 0.25) is 5.91 Å². The Balaban J connectivity index is 1.74. The summed E-state index contributed by atoms with van der Waals surface area (Å²) in [5.41, 5.74) is 2.49. The van der Waals surface area contributed by atoms with Crippen LogP contribution in [0.3, 0.4) is 0 Å².